The minimum atomic E-state index is 0.269. The largest absolute Gasteiger partial charge is 0.378 e. The summed E-state index contributed by atoms with van der Waals surface area (Å²) in [7, 11) is 1.96. The first-order valence-corrected chi connectivity index (χ1v) is 6.95. The Hall–Kier alpha value is -1.77. The van der Waals surface area contributed by atoms with E-state index in [4.69, 9.17) is 0 Å². The van der Waals surface area contributed by atoms with E-state index in [0.29, 0.717) is 0 Å². The first-order chi connectivity index (χ1) is 9.10. The molecule has 0 bridgehead atoms. The number of aryl methyl sites for hydroxylation is 3. The molecule has 1 heterocycles. The number of rotatable bonds is 5. The number of nitrogens with zero attached hydrogens (tertiary/aromatic N) is 2. The van der Waals surface area contributed by atoms with E-state index in [1.165, 1.54) is 17.5 Å². The fraction of sp³-hybridized carbons (Fsp3) is 0.438. The van der Waals surface area contributed by atoms with Gasteiger partial charge in [-0.15, -0.1) is 0 Å². The van der Waals surface area contributed by atoms with Crippen LogP contribution in [0.25, 0.3) is 0 Å². The summed E-state index contributed by atoms with van der Waals surface area (Å²) in [4.78, 5) is 0. The summed E-state index contributed by atoms with van der Waals surface area (Å²) >= 11 is 0. The minimum absolute atomic E-state index is 0.269. The van der Waals surface area contributed by atoms with E-state index in [1.807, 2.05) is 11.7 Å². The Morgan fingerprint density at radius 3 is 2.47 bits per heavy atom. The van der Waals surface area contributed by atoms with Crippen LogP contribution in [0.5, 0.6) is 0 Å². The van der Waals surface area contributed by atoms with Crippen LogP contribution in [0.4, 0.5) is 5.69 Å². The van der Waals surface area contributed by atoms with Gasteiger partial charge in [0, 0.05) is 24.5 Å². The number of benzene rings is 1. The first kappa shape index (κ1) is 13.7. The Morgan fingerprint density at radius 2 is 1.95 bits per heavy atom. The Balaban J connectivity index is 2.06. The highest BCUT2D eigenvalue weighted by molar-refractivity contribution is 5.46. The monoisotopic (exact) mass is 257 g/mol. The molecule has 0 saturated carbocycles. The summed E-state index contributed by atoms with van der Waals surface area (Å²) in [6, 6.07) is 9.00. The Labute approximate surface area is 115 Å². The number of anilines is 1. The van der Waals surface area contributed by atoms with Crippen LogP contribution in [0.1, 0.15) is 43.1 Å². The van der Waals surface area contributed by atoms with Gasteiger partial charge < -0.3 is 5.32 Å². The van der Waals surface area contributed by atoms with Crippen LogP contribution in [0.15, 0.2) is 30.5 Å². The third kappa shape index (κ3) is 3.37. The van der Waals surface area contributed by atoms with Crippen LogP contribution in [0, 0.1) is 6.92 Å². The molecule has 1 aromatic heterocycles. The molecule has 3 nitrogen and oxygen atoms in total. The standard InChI is InChI=1S/C16H23N3/c1-5-6-14-7-9-15(10-8-14)17-12(2)16-11-19(4)18-13(16)3/h7-12,17H,5-6H2,1-4H3. The lowest BCUT2D eigenvalue weighted by Gasteiger charge is -2.15. The zero-order valence-electron chi connectivity index (χ0n) is 12.3. The second-order valence-corrected chi connectivity index (χ2v) is 5.16. The summed E-state index contributed by atoms with van der Waals surface area (Å²) in [6.07, 6.45) is 4.42. The normalized spacial score (nSPS) is 12.4. The predicted octanol–water partition coefficient (Wildman–Crippen LogP) is 3.85. The Morgan fingerprint density at radius 1 is 1.26 bits per heavy atom. The fourth-order valence-corrected chi connectivity index (χ4v) is 2.43. The summed E-state index contributed by atoms with van der Waals surface area (Å²) in [6.45, 7) is 6.43. The molecule has 1 N–H and O–H groups in total. The SMILES string of the molecule is CCCc1ccc(NC(C)c2cn(C)nc2C)cc1. The zero-order chi connectivity index (χ0) is 13.8. The van der Waals surface area contributed by atoms with Crippen molar-refractivity contribution in [1.82, 2.24) is 9.78 Å². The number of aromatic nitrogens is 2. The maximum absolute atomic E-state index is 4.39. The van der Waals surface area contributed by atoms with Crippen molar-refractivity contribution in [1.29, 1.82) is 0 Å². The van der Waals surface area contributed by atoms with E-state index in [-0.39, 0.29) is 6.04 Å². The topological polar surface area (TPSA) is 29.9 Å². The van der Waals surface area contributed by atoms with Crippen LogP contribution < -0.4 is 5.32 Å². The van der Waals surface area contributed by atoms with Gasteiger partial charge in [0.1, 0.15) is 0 Å². The third-order valence-electron chi connectivity index (χ3n) is 3.39. The Bertz CT molecular complexity index is 525. The molecule has 0 aliphatic rings. The quantitative estimate of drug-likeness (QED) is 0.881. The van der Waals surface area contributed by atoms with Crippen molar-refractivity contribution < 1.29 is 0 Å². The lowest BCUT2D eigenvalue weighted by Crippen LogP contribution is -2.07. The van der Waals surface area contributed by atoms with Crippen LogP contribution in [0.2, 0.25) is 0 Å². The van der Waals surface area contributed by atoms with E-state index in [2.05, 4.69) is 61.6 Å². The van der Waals surface area contributed by atoms with Crippen molar-refractivity contribution in [2.75, 3.05) is 5.32 Å². The smallest absolute Gasteiger partial charge is 0.0646 e. The molecule has 0 amide bonds. The minimum Gasteiger partial charge on any atom is -0.378 e. The molecule has 0 aliphatic heterocycles. The summed E-state index contributed by atoms with van der Waals surface area (Å²) in [5, 5.41) is 7.92. The van der Waals surface area contributed by atoms with Crippen LogP contribution in [-0.4, -0.2) is 9.78 Å². The van der Waals surface area contributed by atoms with Gasteiger partial charge in [-0.2, -0.15) is 5.10 Å². The van der Waals surface area contributed by atoms with Gasteiger partial charge in [0.05, 0.1) is 11.7 Å². The van der Waals surface area contributed by atoms with Gasteiger partial charge in [0.2, 0.25) is 0 Å². The Kier molecular flexibility index (Phi) is 4.25. The van der Waals surface area contributed by atoms with Crippen LogP contribution >= 0.6 is 0 Å². The van der Waals surface area contributed by atoms with E-state index in [1.54, 1.807) is 0 Å². The average Bonchev–Trinajstić information content (AvgIpc) is 2.71. The molecule has 0 aliphatic carbocycles. The molecule has 0 fully saturated rings. The predicted molar refractivity (Wildman–Crippen MR) is 80.4 cm³/mol. The van der Waals surface area contributed by atoms with Crippen molar-refractivity contribution in [2.24, 2.45) is 7.05 Å². The van der Waals surface area contributed by atoms with E-state index in [0.717, 1.165) is 17.8 Å². The lowest BCUT2D eigenvalue weighted by molar-refractivity contribution is 0.756. The van der Waals surface area contributed by atoms with E-state index < -0.39 is 0 Å². The van der Waals surface area contributed by atoms with Gasteiger partial charge >= 0.3 is 0 Å². The maximum atomic E-state index is 4.39. The summed E-state index contributed by atoms with van der Waals surface area (Å²) < 4.78 is 1.87. The highest BCUT2D eigenvalue weighted by Gasteiger charge is 2.11. The molecule has 19 heavy (non-hydrogen) atoms. The summed E-state index contributed by atoms with van der Waals surface area (Å²) in [5.41, 5.74) is 4.90. The number of nitrogens with one attached hydrogen (secondary N) is 1. The molecule has 2 rings (SSSR count). The number of hydrogen-bond acceptors (Lipinski definition) is 2. The van der Waals surface area contributed by atoms with Crippen molar-refractivity contribution in [2.45, 2.75) is 39.7 Å². The first-order valence-electron chi connectivity index (χ1n) is 6.95. The van der Waals surface area contributed by atoms with Gasteiger partial charge in [-0.05, 0) is 38.0 Å². The van der Waals surface area contributed by atoms with Crippen molar-refractivity contribution in [3.8, 4) is 0 Å². The van der Waals surface area contributed by atoms with Gasteiger partial charge in [0.15, 0.2) is 0 Å². The zero-order valence-corrected chi connectivity index (χ0v) is 12.3. The molecule has 2 aromatic rings. The molecule has 0 radical (unpaired) electrons. The molecule has 1 unspecified atom stereocenters. The average molecular weight is 257 g/mol. The third-order valence-corrected chi connectivity index (χ3v) is 3.39. The van der Waals surface area contributed by atoms with Crippen molar-refractivity contribution in [3.63, 3.8) is 0 Å². The second kappa shape index (κ2) is 5.91. The molecule has 1 atom stereocenters. The molecule has 0 spiro atoms. The molecule has 1 aromatic carbocycles. The fourth-order valence-electron chi connectivity index (χ4n) is 2.43. The second-order valence-electron chi connectivity index (χ2n) is 5.16. The van der Waals surface area contributed by atoms with Gasteiger partial charge in [-0.3, -0.25) is 4.68 Å². The molecular weight excluding hydrogens is 234 g/mol. The van der Waals surface area contributed by atoms with Gasteiger partial charge in [-0.25, -0.2) is 0 Å². The highest BCUT2D eigenvalue weighted by atomic mass is 15.3. The van der Waals surface area contributed by atoms with E-state index >= 15 is 0 Å². The summed E-state index contributed by atoms with van der Waals surface area (Å²) in [5.74, 6) is 0. The van der Waals surface area contributed by atoms with Gasteiger partial charge in [-0.1, -0.05) is 25.5 Å². The lowest BCUT2D eigenvalue weighted by atomic mass is 10.1. The van der Waals surface area contributed by atoms with Crippen LogP contribution in [0.3, 0.4) is 0 Å². The highest BCUT2D eigenvalue weighted by Crippen LogP contribution is 2.21. The molecular formula is C16H23N3. The maximum Gasteiger partial charge on any atom is 0.0646 e. The number of hydrogen-bond donors (Lipinski definition) is 1. The van der Waals surface area contributed by atoms with Gasteiger partial charge in [0.25, 0.3) is 0 Å². The van der Waals surface area contributed by atoms with Crippen molar-refractivity contribution >= 4 is 5.69 Å². The molecule has 3 heteroatoms. The van der Waals surface area contributed by atoms with E-state index in [9.17, 15) is 0 Å². The van der Waals surface area contributed by atoms with Crippen molar-refractivity contribution in [3.05, 3.63) is 47.3 Å². The molecule has 102 valence electrons. The van der Waals surface area contributed by atoms with Crippen LogP contribution in [-0.2, 0) is 13.5 Å². The molecule has 0 saturated heterocycles.